The number of amides is 2. The summed E-state index contributed by atoms with van der Waals surface area (Å²) < 4.78 is 13.6. The number of aromatic nitrogens is 1. The highest BCUT2D eigenvalue weighted by atomic mass is 32.1. The van der Waals surface area contributed by atoms with Crippen molar-refractivity contribution in [1.82, 2.24) is 4.98 Å². The number of halogens is 1. The van der Waals surface area contributed by atoms with E-state index in [2.05, 4.69) is 4.98 Å². The molecule has 1 saturated heterocycles. The fourth-order valence-corrected chi connectivity index (χ4v) is 4.55. The second-order valence-electron chi connectivity index (χ2n) is 7.45. The van der Waals surface area contributed by atoms with Crippen molar-refractivity contribution >= 4 is 40.5 Å². The number of hydrogen-bond acceptors (Lipinski definition) is 5. The van der Waals surface area contributed by atoms with E-state index in [1.807, 2.05) is 6.07 Å². The highest BCUT2D eigenvalue weighted by molar-refractivity contribution is 7.81. The van der Waals surface area contributed by atoms with Crippen LogP contribution < -0.4 is 15.5 Å². The first-order chi connectivity index (χ1) is 14.3. The van der Waals surface area contributed by atoms with Gasteiger partial charge in [0, 0.05) is 11.3 Å². The molecule has 1 spiro atoms. The van der Waals surface area contributed by atoms with Crippen LogP contribution in [0.5, 0.6) is 0 Å². The van der Waals surface area contributed by atoms with Crippen LogP contribution in [0.2, 0.25) is 0 Å². The normalized spacial score (nSPS) is 17.2. The zero-order chi connectivity index (χ0) is 21.6. The summed E-state index contributed by atoms with van der Waals surface area (Å²) in [6.45, 7) is 0.877. The lowest BCUT2D eigenvalue weighted by Crippen LogP contribution is -2.55. The summed E-state index contributed by atoms with van der Waals surface area (Å²) in [4.78, 5) is 32.3. The number of carbonyl (C=O) groups is 2. The molecule has 2 N–H and O–H groups in total. The van der Waals surface area contributed by atoms with Crippen molar-refractivity contribution in [2.45, 2.75) is 38.4 Å². The molecule has 30 heavy (non-hydrogen) atoms. The third-order valence-corrected chi connectivity index (χ3v) is 6.14. The molecule has 2 amide bonds. The van der Waals surface area contributed by atoms with Gasteiger partial charge in [-0.3, -0.25) is 14.5 Å². The number of anilines is 2. The molecule has 0 radical (unpaired) electrons. The number of carbonyl (C=O) groups excluding carboxylic acids is 2. The number of benzene rings is 1. The number of nitrogens with zero attached hydrogens (tertiary/aromatic N) is 4. The lowest BCUT2D eigenvalue weighted by molar-refractivity contribution is -0.123. The second kappa shape index (κ2) is 7.15. The van der Waals surface area contributed by atoms with Gasteiger partial charge in [0.2, 0.25) is 5.91 Å². The van der Waals surface area contributed by atoms with Crippen molar-refractivity contribution in [3.05, 3.63) is 52.8 Å². The summed E-state index contributed by atoms with van der Waals surface area (Å²) in [5.74, 6) is -0.890. The molecule has 4 rings (SSSR count). The number of thiocarbonyl (C=S) groups is 1. The van der Waals surface area contributed by atoms with Crippen LogP contribution in [0.3, 0.4) is 0 Å². The quantitative estimate of drug-likeness (QED) is 0.759. The largest absolute Gasteiger partial charge is 0.366 e. The number of hydrogen-bond donors (Lipinski definition) is 1. The Morgan fingerprint density at radius 3 is 2.63 bits per heavy atom. The van der Waals surface area contributed by atoms with Gasteiger partial charge < -0.3 is 10.6 Å². The Morgan fingerprint density at radius 1 is 1.37 bits per heavy atom. The van der Waals surface area contributed by atoms with E-state index in [-0.39, 0.29) is 27.8 Å². The Bertz CT molecular complexity index is 1140. The minimum absolute atomic E-state index is 0.101. The van der Waals surface area contributed by atoms with E-state index in [1.165, 1.54) is 23.2 Å². The van der Waals surface area contributed by atoms with Gasteiger partial charge in [0.15, 0.2) is 5.11 Å². The first-order valence-electron chi connectivity index (χ1n) is 9.38. The summed E-state index contributed by atoms with van der Waals surface area (Å²) >= 11 is 5.67. The fraction of sp³-hybridized carbons (Fsp3) is 0.286. The van der Waals surface area contributed by atoms with Crippen LogP contribution in [0.25, 0.3) is 0 Å². The van der Waals surface area contributed by atoms with Crippen LogP contribution in [-0.4, -0.2) is 27.4 Å². The van der Waals surface area contributed by atoms with Crippen molar-refractivity contribution in [3.8, 4) is 6.07 Å². The smallest absolute Gasteiger partial charge is 0.259 e. The molecule has 1 aromatic heterocycles. The average molecular weight is 423 g/mol. The van der Waals surface area contributed by atoms with Crippen LogP contribution in [0.15, 0.2) is 30.5 Å². The summed E-state index contributed by atoms with van der Waals surface area (Å²) in [6.07, 6.45) is 3.52. The van der Waals surface area contributed by atoms with Crippen LogP contribution in [0.1, 0.15) is 46.4 Å². The Balaban J connectivity index is 1.81. The molecular formula is C21H18FN5O2S. The molecule has 2 heterocycles. The van der Waals surface area contributed by atoms with Gasteiger partial charge in [-0.1, -0.05) is 0 Å². The van der Waals surface area contributed by atoms with Crippen LogP contribution in [0, 0.1) is 18.3 Å². The van der Waals surface area contributed by atoms with E-state index in [1.54, 1.807) is 24.0 Å². The lowest BCUT2D eigenvalue weighted by Gasteiger charge is -2.43. The number of nitrogens with two attached hydrogens (primary N) is 1. The lowest BCUT2D eigenvalue weighted by atomic mass is 9.75. The van der Waals surface area contributed by atoms with Gasteiger partial charge in [-0.25, -0.2) is 9.37 Å². The Labute approximate surface area is 177 Å². The Kier molecular flexibility index (Phi) is 4.74. The van der Waals surface area contributed by atoms with Crippen molar-refractivity contribution in [2.24, 2.45) is 5.73 Å². The minimum atomic E-state index is -0.865. The maximum absolute atomic E-state index is 13.6. The van der Waals surface area contributed by atoms with Crippen molar-refractivity contribution < 1.29 is 14.0 Å². The van der Waals surface area contributed by atoms with Gasteiger partial charge in [-0.05, 0) is 73.8 Å². The number of rotatable bonds is 4. The molecule has 9 heteroatoms. The minimum Gasteiger partial charge on any atom is -0.366 e. The molecule has 1 saturated carbocycles. The summed E-state index contributed by atoms with van der Waals surface area (Å²) in [7, 11) is 0. The zero-order valence-corrected chi connectivity index (χ0v) is 17.0. The van der Waals surface area contributed by atoms with E-state index in [9.17, 15) is 14.0 Å². The monoisotopic (exact) mass is 423 g/mol. The topological polar surface area (TPSA) is 103 Å². The van der Waals surface area contributed by atoms with Crippen molar-refractivity contribution in [1.29, 1.82) is 5.26 Å². The Morgan fingerprint density at radius 2 is 2.10 bits per heavy atom. The first-order valence-corrected chi connectivity index (χ1v) is 9.79. The van der Waals surface area contributed by atoms with E-state index in [4.69, 9.17) is 23.2 Å². The summed E-state index contributed by atoms with van der Waals surface area (Å²) in [5, 5.41) is 9.37. The van der Waals surface area contributed by atoms with Crippen LogP contribution in [0.4, 0.5) is 15.8 Å². The molecule has 0 atom stereocenters. The molecule has 0 unspecified atom stereocenters. The number of pyridine rings is 1. The SMILES string of the molecule is Cc1cc(N2C(=O)C3(CCC3)N(c3ccc(C(N)=O)c(CF)c3)C2=S)cnc1C#N. The number of aryl methyl sites for hydroxylation is 1. The summed E-state index contributed by atoms with van der Waals surface area (Å²) in [5.41, 5.74) is 6.67. The number of alkyl halides is 1. The van der Waals surface area contributed by atoms with Gasteiger partial charge in [0.1, 0.15) is 24.0 Å². The average Bonchev–Trinajstić information content (AvgIpc) is 2.94. The maximum atomic E-state index is 13.6. The van der Waals surface area contributed by atoms with Gasteiger partial charge in [0.05, 0.1) is 11.9 Å². The highest BCUT2D eigenvalue weighted by Crippen LogP contribution is 2.48. The second-order valence-corrected chi connectivity index (χ2v) is 7.82. The Hall–Kier alpha value is -3.38. The molecule has 7 nitrogen and oxygen atoms in total. The van der Waals surface area contributed by atoms with Gasteiger partial charge in [0.25, 0.3) is 5.91 Å². The molecule has 2 aromatic rings. The highest BCUT2D eigenvalue weighted by Gasteiger charge is 2.59. The maximum Gasteiger partial charge on any atom is 0.259 e. The first kappa shape index (κ1) is 19.9. The van der Waals surface area contributed by atoms with E-state index in [0.717, 1.165) is 6.42 Å². The standard InChI is InChI=1S/C21H18FN5O2S/c1-12-7-15(11-25-17(12)10-23)26-19(29)21(5-2-6-21)27(20(26)30)14-3-4-16(18(24)28)13(8-14)9-22/h3-4,7-8,11H,2,5-6,9H2,1H3,(H2,24,28). The van der Waals surface area contributed by atoms with Gasteiger partial charge in [-0.15, -0.1) is 0 Å². The van der Waals surface area contributed by atoms with E-state index in [0.29, 0.717) is 29.8 Å². The molecule has 0 bridgehead atoms. The van der Waals surface area contributed by atoms with Crippen molar-refractivity contribution in [3.63, 3.8) is 0 Å². The van der Waals surface area contributed by atoms with Gasteiger partial charge in [-0.2, -0.15) is 5.26 Å². The molecule has 1 aliphatic carbocycles. The number of nitriles is 1. The number of primary amides is 1. The molecule has 1 aromatic carbocycles. The summed E-state index contributed by atoms with van der Waals surface area (Å²) in [6, 6.07) is 8.32. The van der Waals surface area contributed by atoms with Crippen LogP contribution >= 0.6 is 12.2 Å². The zero-order valence-electron chi connectivity index (χ0n) is 16.2. The predicted octanol–water partition coefficient (Wildman–Crippen LogP) is 2.89. The van der Waals surface area contributed by atoms with E-state index < -0.39 is 18.1 Å². The van der Waals surface area contributed by atoms with Gasteiger partial charge >= 0.3 is 0 Å². The third-order valence-electron chi connectivity index (χ3n) is 5.78. The van der Waals surface area contributed by atoms with Crippen molar-refractivity contribution in [2.75, 3.05) is 9.80 Å². The van der Waals surface area contributed by atoms with Crippen LogP contribution in [-0.2, 0) is 11.5 Å². The predicted molar refractivity (Wildman–Crippen MR) is 113 cm³/mol. The molecule has 152 valence electrons. The fourth-order valence-electron chi connectivity index (χ4n) is 4.08. The third kappa shape index (κ3) is 2.75. The molecule has 2 aliphatic rings. The molecule has 1 aliphatic heterocycles. The molecular weight excluding hydrogens is 405 g/mol. The van der Waals surface area contributed by atoms with E-state index >= 15 is 0 Å². The molecule has 2 fully saturated rings.